The lowest BCUT2D eigenvalue weighted by Crippen LogP contribution is -2.44. The molecule has 0 bridgehead atoms. The first-order chi connectivity index (χ1) is 11.7. The second kappa shape index (κ2) is 9.40. The summed E-state index contributed by atoms with van der Waals surface area (Å²) in [5.74, 6) is 0.369. The summed E-state index contributed by atoms with van der Waals surface area (Å²) in [5, 5.41) is 10.5. The number of hydrogen-bond acceptors (Lipinski definition) is 3. The molecule has 1 amide bonds. The van der Waals surface area contributed by atoms with Crippen molar-refractivity contribution in [1.29, 1.82) is 0 Å². The van der Waals surface area contributed by atoms with Crippen LogP contribution < -0.4 is 0 Å². The van der Waals surface area contributed by atoms with Gasteiger partial charge in [-0.05, 0) is 37.4 Å². The van der Waals surface area contributed by atoms with E-state index in [1.807, 2.05) is 30.3 Å². The van der Waals surface area contributed by atoms with E-state index in [2.05, 4.69) is 18.1 Å². The largest absolute Gasteiger partial charge is 0.388 e. The topological polar surface area (TPSA) is 43.8 Å². The van der Waals surface area contributed by atoms with E-state index in [-0.39, 0.29) is 11.8 Å². The summed E-state index contributed by atoms with van der Waals surface area (Å²) < 4.78 is 0. The van der Waals surface area contributed by atoms with Crippen LogP contribution in [0.3, 0.4) is 0 Å². The number of piperidine rings is 1. The van der Waals surface area contributed by atoms with Gasteiger partial charge in [-0.3, -0.25) is 9.69 Å². The van der Waals surface area contributed by atoms with Crippen LogP contribution in [0.4, 0.5) is 0 Å². The Morgan fingerprint density at radius 3 is 2.33 bits per heavy atom. The molecule has 1 N–H and O–H groups in total. The predicted octanol–water partition coefficient (Wildman–Crippen LogP) is 2.63. The van der Waals surface area contributed by atoms with Crippen LogP contribution in [0.1, 0.15) is 24.5 Å². The van der Waals surface area contributed by atoms with Gasteiger partial charge in [0.1, 0.15) is 0 Å². The predicted molar refractivity (Wildman–Crippen MR) is 97.5 cm³/mol. The Kier molecular flexibility index (Phi) is 7.22. The Bertz CT molecular complexity index is 526. The van der Waals surface area contributed by atoms with Crippen molar-refractivity contribution in [1.82, 2.24) is 9.80 Å². The minimum absolute atomic E-state index is 0.108. The number of nitrogens with zero attached hydrogens (tertiary/aromatic N) is 2. The molecule has 1 aliphatic rings. The standard InChI is InChI=1S/C20H28N2O2/c1-3-12-22(13-4-2)19(23)16-21-14-10-18(11-15-21)20(24)17-8-6-5-7-9-17/h3-9,18,20,24H,1-2,10-16H2. The third kappa shape index (κ3) is 5.05. The molecule has 0 radical (unpaired) electrons. The number of benzene rings is 1. The van der Waals surface area contributed by atoms with Crippen LogP contribution in [0.2, 0.25) is 0 Å². The molecule has 4 heteroatoms. The van der Waals surface area contributed by atoms with E-state index in [0.29, 0.717) is 19.6 Å². The lowest BCUT2D eigenvalue weighted by molar-refractivity contribution is -0.131. The van der Waals surface area contributed by atoms with Gasteiger partial charge in [-0.2, -0.15) is 0 Å². The zero-order valence-electron chi connectivity index (χ0n) is 14.3. The zero-order valence-corrected chi connectivity index (χ0v) is 14.3. The van der Waals surface area contributed by atoms with Gasteiger partial charge in [0.15, 0.2) is 0 Å². The van der Waals surface area contributed by atoms with Crippen molar-refractivity contribution >= 4 is 5.91 Å². The fourth-order valence-electron chi connectivity index (χ4n) is 3.23. The van der Waals surface area contributed by atoms with Gasteiger partial charge >= 0.3 is 0 Å². The lowest BCUT2D eigenvalue weighted by atomic mass is 9.87. The van der Waals surface area contributed by atoms with E-state index in [0.717, 1.165) is 31.5 Å². The first-order valence-corrected chi connectivity index (χ1v) is 8.60. The van der Waals surface area contributed by atoms with Gasteiger partial charge in [0.2, 0.25) is 5.91 Å². The van der Waals surface area contributed by atoms with Crippen LogP contribution in [-0.4, -0.2) is 53.5 Å². The van der Waals surface area contributed by atoms with E-state index in [1.165, 1.54) is 0 Å². The van der Waals surface area contributed by atoms with Gasteiger partial charge in [0.05, 0.1) is 12.6 Å². The van der Waals surface area contributed by atoms with Crippen molar-refractivity contribution in [3.8, 4) is 0 Å². The maximum absolute atomic E-state index is 12.4. The molecule has 1 aromatic rings. The number of rotatable bonds is 8. The van der Waals surface area contributed by atoms with Gasteiger partial charge in [-0.1, -0.05) is 42.5 Å². The third-order valence-corrected chi connectivity index (χ3v) is 4.63. The van der Waals surface area contributed by atoms with Crippen molar-refractivity contribution < 1.29 is 9.90 Å². The molecule has 0 aliphatic carbocycles. The number of amides is 1. The summed E-state index contributed by atoms with van der Waals surface area (Å²) in [7, 11) is 0. The van der Waals surface area contributed by atoms with Crippen LogP contribution in [0.25, 0.3) is 0 Å². The van der Waals surface area contributed by atoms with Gasteiger partial charge < -0.3 is 10.0 Å². The van der Waals surface area contributed by atoms with Gasteiger partial charge in [-0.15, -0.1) is 13.2 Å². The molecule has 0 spiro atoms. The van der Waals surface area contributed by atoms with E-state index in [1.54, 1.807) is 17.1 Å². The van der Waals surface area contributed by atoms with Crippen molar-refractivity contribution in [2.45, 2.75) is 18.9 Å². The summed E-state index contributed by atoms with van der Waals surface area (Å²) in [5.41, 5.74) is 0.982. The molecule has 1 aromatic carbocycles. The van der Waals surface area contributed by atoms with Crippen molar-refractivity contribution in [3.63, 3.8) is 0 Å². The molecule has 1 unspecified atom stereocenters. The van der Waals surface area contributed by atoms with E-state index in [9.17, 15) is 9.90 Å². The summed E-state index contributed by atoms with van der Waals surface area (Å²) in [6.07, 6.45) is 4.88. The molecule has 2 rings (SSSR count). The first kappa shape index (κ1) is 18.4. The minimum Gasteiger partial charge on any atom is -0.388 e. The Balaban J connectivity index is 1.83. The minimum atomic E-state index is -0.415. The molecule has 1 atom stereocenters. The molecule has 24 heavy (non-hydrogen) atoms. The fraction of sp³-hybridized carbons (Fsp3) is 0.450. The maximum Gasteiger partial charge on any atom is 0.237 e. The smallest absolute Gasteiger partial charge is 0.237 e. The van der Waals surface area contributed by atoms with E-state index >= 15 is 0 Å². The highest BCUT2D eigenvalue weighted by Gasteiger charge is 2.27. The molecule has 1 fully saturated rings. The molecule has 1 aliphatic heterocycles. The SMILES string of the molecule is C=CCN(CC=C)C(=O)CN1CCC(C(O)c2ccccc2)CC1. The molecule has 0 aromatic heterocycles. The Hall–Kier alpha value is -1.91. The molecular formula is C20H28N2O2. The van der Waals surface area contributed by atoms with Gasteiger partial charge in [-0.25, -0.2) is 0 Å². The second-order valence-corrected chi connectivity index (χ2v) is 6.35. The first-order valence-electron chi connectivity index (χ1n) is 8.60. The summed E-state index contributed by atoms with van der Waals surface area (Å²) in [6.45, 7) is 10.6. The van der Waals surface area contributed by atoms with Crippen LogP contribution >= 0.6 is 0 Å². The van der Waals surface area contributed by atoms with Crippen molar-refractivity contribution in [3.05, 3.63) is 61.2 Å². The Morgan fingerprint density at radius 1 is 1.21 bits per heavy atom. The van der Waals surface area contributed by atoms with E-state index < -0.39 is 6.10 Å². The molecule has 0 saturated carbocycles. The fourth-order valence-corrected chi connectivity index (χ4v) is 3.23. The average molecular weight is 328 g/mol. The Morgan fingerprint density at radius 2 is 1.79 bits per heavy atom. The molecule has 1 saturated heterocycles. The normalized spacial score (nSPS) is 17.2. The lowest BCUT2D eigenvalue weighted by Gasteiger charge is -2.35. The number of aliphatic hydroxyl groups is 1. The average Bonchev–Trinajstić information content (AvgIpc) is 2.62. The number of aliphatic hydroxyl groups excluding tert-OH is 1. The van der Waals surface area contributed by atoms with Gasteiger partial charge in [0, 0.05) is 13.1 Å². The quantitative estimate of drug-likeness (QED) is 0.746. The van der Waals surface area contributed by atoms with Crippen LogP contribution in [0, 0.1) is 5.92 Å². The third-order valence-electron chi connectivity index (χ3n) is 4.63. The number of hydrogen-bond donors (Lipinski definition) is 1. The molecule has 130 valence electrons. The summed E-state index contributed by atoms with van der Waals surface area (Å²) in [4.78, 5) is 16.3. The highest BCUT2D eigenvalue weighted by Crippen LogP contribution is 2.30. The van der Waals surface area contributed by atoms with Crippen LogP contribution in [-0.2, 0) is 4.79 Å². The zero-order chi connectivity index (χ0) is 17.4. The summed E-state index contributed by atoms with van der Waals surface area (Å²) in [6, 6.07) is 9.83. The van der Waals surface area contributed by atoms with Crippen molar-refractivity contribution in [2.75, 3.05) is 32.7 Å². The van der Waals surface area contributed by atoms with Crippen LogP contribution in [0.15, 0.2) is 55.6 Å². The monoisotopic (exact) mass is 328 g/mol. The van der Waals surface area contributed by atoms with Crippen molar-refractivity contribution in [2.24, 2.45) is 5.92 Å². The number of carbonyl (C=O) groups excluding carboxylic acids is 1. The van der Waals surface area contributed by atoms with Gasteiger partial charge in [0.25, 0.3) is 0 Å². The number of carbonyl (C=O) groups is 1. The Labute approximate surface area is 145 Å². The second-order valence-electron chi connectivity index (χ2n) is 6.35. The number of likely N-dealkylation sites (tertiary alicyclic amines) is 1. The molecular weight excluding hydrogens is 300 g/mol. The highest BCUT2D eigenvalue weighted by atomic mass is 16.3. The molecule has 4 nitrogen and oxygen atoms in total. The highest BCUT2D eigenvalue weighted by molar-refractivity contribution is 5.78. The molecule has 1 heterocycles. The van der Waals surface area contributed by atoms with E-state index in [4.69, 9.17) is 0 Å². The summed E-state index contributed by atoms with van der Waals surface area (Å²) >= 11 is 0. The van der Waals surface area contributed by atoms with Crippen LogP contribution in [0.5, 0.6) is 0 Å². The maximum atomic E-state index is 12.4.